The molecular formula is C11H15NOS. The lowest BCUT2D eigenvalue weighted by Crippen LogP contribution is -2.19. The zero-order chi connectivity index (χ0) is 10.4. The summed E-state index contributed by atoms with van der Waals surface area (Å²) in [5, 5.41) is 2.87. The maximum absolute atomic E-state index is 12.1. The van der Waals surface area contributed by atoms with Crippen molar-refractivity contribution in [3.8, 4) is 12.3 Å². The molecule has 0 saturated carbocycles. The van der Waals surface area contributed by atoms with Crippen LogP contribution in [0.1, 0.15) is 12.8 Å². The minimum Gasteiger partial charge on any atom is -0.276 e. The summed E-state index contributed by atoms with van der Waals surface area (Å²) in [6.45, 7) is 0.425. The summed E-state index contributed by atoms with van der Waals surface area (Å²) in [7, 11) is -2.03. The van der Waals surface area contributed by atoms with Gasteiger partial charge >= 0.3 is 0 Å². The fourth-order valence-electron chi connectivity index (χ4n) is 1.25. The standard InChI is InChI=1S/C11H15NOS/c1-3-9-12-10-14(2,13)11-7-5-4-6-8-11/h1,4-5,7,10,12H,6,8-9H2,2H3. The van der Waals surface area contributed by atoms with E-state index in [9.17, 15) is 4.21 Å². The molecule has 0 amide bonds. The van der Waals surface area contributed by atoms with Crippen LogP contribution in [0.2, 0.25) is 0 Å². The van der Waals surface area contributed by atoms with Crippen LogP contribution >= 0.6 is 0 Å². The second-order valence-corrected chi connectivity index (χ2v) is 5.77. The number of hydrogen-bond acceptors (Lipinski definition) is 1. The predicted octanol–water partition coefficient (Wildman–Crippen LogP) is 1.12. The van der Waals surface area contributed by atoms with Crippen LogP contribution in [-0.4, -0.2) is 22.5 Å². The molecule has 0 aromatic carbocycles. The first-order valence-electron chi connectivity index (χ1n) is 4.52. The molecule has 1 N–H and O–H groups in total. The predicted molar refractivity (Wildman–Crippen MR) is 63.4 cm³/mol. The summed E-state index contributed by atoms with van der Waals surface area (Å²) in [5.74, 6) is 2.44. The summed E-state index contributed by atoms with van der Waals surface area (Å²) in [6, 6.07) is 0. The van der Waals surface area contributed by atoms with Crippen LogP contribution in [0.4, 0.5) is 0 Å². The summed E-state index contributed by atoms with van der Waals surface area (Å²) in [4.78, 5) is 0.990. The first-order chi connectivity index (χ1) is 6.67. The van der Waals surface area contributed by atoms with Crippen LogP contribution in [0.25, 0.3) is 0 Å². The Morgan fingerprint density at radius 1 is 1.79 bits per heavy atom. The number of nitrogens with one attached hydrogen (secondary N) is 1. The largest absolute Gasteiger partial charge is 0.276 e. The maximum atomic E-state index is 12.1. The van der Waals surface area contributed by atoms with Gasteiger partial charge in [0.25, 0.3) is 0 Å². The van der Waals surface area contributed by atoms with Crippen LogP contribution in [0.5, 0.6) is 0 Å². The molecule has 0 spiro atoms. The Balaban J connectivity index is 2.79. The highest BCUT2D eigenvalue weighted by atomic mass is 32.2. The summed E-state index contributed by atoms with van der Waals surface area (Å²) in [6.07, 6.45) is 14.6. The van der Waals surface area contributed by atoms with Gasteiger partial charge in [-0.25, -0.2) is 0 Å². The molecule has 0 fully saturated rings. The SMILES string of the molecule is C#CCNC=S(C)(=O)C1=CC=CCC1. The lowest BCUT2D eigenvalue weighted by Gasteiger charge is -2.11. The summed E-state index contributed by atoms with van der Waals surface area (Å²) >= 11 is 0. The van der Waals surface area contributed by atoms with E-state index >= 15 is 0 Å². The lowest BCUT2D eigenvalue weighted by atomic mass is 10.2. The second kappa shape index (κ2) is 5.04. The van der Waals surface area contributed by atoms with Crippen LogP contribution < -0.4 is 5.32 Å². The molecule has 0 aromatic heterocycles. The van der Waals surface area contributed by atoms with Crippen LogP contribution in [0.15, 0.2) is 23.1 Å². The molecule has 3 heteroatoms. The van der Waals surface area contributed by atoms with E-state index in [1.54, 1.807) is 11.7 Å². The van der Waals surface area contributed by atoms with E-state index in [4.69, 9.17) is 6.42 Å². The van der Waals surface area contributed by atoms with E-state index in [0.717, 1.165) is 17.7 Å². The molecular weight excluding hydrogens is 194 g/mol. The van der Waals surface area contributed by atoms with E-state index in [0.29, 0.717) is 6.54 Å². The monoisotopic (exact) mass is 209 g/mol. The Morgan fingerprint density at radius 3 is 3.14 bits per heavy atom. The first-order valence-corrected chi connectivity index (χ1v) is 6.55. The van der Waals surface area contributed by atoms with E-state index in [-0.39, 0.29) is 0 Å². The zero-order valence-corrected chi connectivity index (χ0v) is 9.14. The molecule has 0 saturated heterocycles. The van der Waals surface area contributed by atoms with Crippen molar-refractivity contribution in [2.75, 3.05) is 12.8 Å². The van der Waals surface area contributed by atoms with Gasteiger partial charge in [0.1, 0.15) is 0 Å². The van der Waals surface area contributed by atoms with E-state index < -0.39 is 9.52 Å². The molecule has 0 bridgehead atoms. The fourth-order valence-corrected chi connectivity index (χ4v) is 2.68. The minimum absolute atomic E-state index is 0.425. The highest BCUT2D eigenvalue weighted by Crippen LogP contribution is 2.17. The molecule has 2 nitrogen and oxygen atoms in total. The van der Waals surface area contributed by atoms with Gasteiger partial charge < -0.3 is 0 Å². The van der Waals surface area contributed by atoms with Gasteiger partial charge in [-0.3, -0.25) is 9.53 Å². The smallest absolute Gasteiger partial charge is 0.0614 e. The Kier molecular flexibility index (Phi) is 3.99. The van der Waals surface area contributed by atoms with Crippen molar-refractivity contribution in [2.24, 2.45) is 0 Å². The third-order valence-corrected chi connectivity index (χ3v) is 4.01. The van der Waals surface area contributed by atoms with Crippen LogP contribution in [0.3, 0.4) is 0 Å². The topological polar surface area (TPSA) is 29.1 Å². The molecule has 1 unspecified atom stereocenters. The van der Waals surface area contributed by atoms with Gasteiger partial charge in [-0.2, -0.15) is 0 Å². The molecule has 0 aromatic rings. The van der Waals surface area contributed by atoms with Gasteiger partial charge in [0.15, 0.2) is 0 Å². The van der Waals surface area contributed by atoms with Crippen LogP contribution in [0, 0.1) is 12.3 Å². The van der Waals surface area contributed by atoms with Gasteiger partial charge in [0.05, 0.1) is 6.54 Å². The Bertz CT molecular complexity index is 403. The van der Waals surface area contributed by atoms with Gasteiger partial charge in [0.2, 0.25) is 0 Å². The van der Waals surface area contributed by atoms with Gasteiger partial charge in [-0.1, -0.05) is 24.1 Å². The summed E-state index contributed by atoms with van der Waals surface area (Å²) < 4.78 is 12.1. The minimum atomic E-state index is -2.03. The average molecular weight is 209 g/mol. The van der Waals surface area contributed by atoms with Gasteiger partial charge in [-0.15, -0.1) is 6.42 Å². The zero-order valence-electron chi connectivity index (χ0n) is 8.32. The van der Waals surface area contributed by atoms with E-state index in [1.807, 2.05) is 12.2 Å². The molecule has 0 aliphatic heterocycles. The van der Waals surface area contributed by atoms with Crippen molar-refractivity contribution in [3.63, 3.8) is 0 Å². The highest BCUT2D eigenvalue weighted by Gasteiger charge is 2.08. The van der Waals surface area contributed by atoms with E-state index in [2.05, 4.69) is 17.3 Å². The van der Waals surface area contributed by atoms with E-state index in [1.165, 1.54) is 0 Å². The molecule has 1 aliphatic carbocycles. The number of rotatable bonds is 3. The highest BCUT2D eigenvalue weighted by molar-refractivity contribution is 8.04. The van der Waals surface area contributed by atoms with Crippen molar-refractivity contribution in [1.82, 2.24) is 5.32 Å². The fraction of sp³-hybridized carbons (Fsp3) is 0.364. The molecule has 1 aliphatic rings. The Morgan fingerprint density at radius 2 is 2.57 bits per heavy atom. The number of hydrogen-bond donors (Lipinski definition) is 1. The van der Waals surface area contributed by atoms with Crippen molar-refractivity contribution < 1.29 is 4.21 Å². The molecule has 1 rings (SSSR count). The van der Waals surface area contributed by atoms with Gasteiger partial charge in [0, 0.05) is 26.2 Å². The molecule has 76 valence electrons. The quantitative estimate of drug-likeness (QED) is 0.429. The lowest BCUT2D eigenvalue weighted by molar-refractivity contribution is 0.686. The van der Waals surface area contributed by atoms with Crippen molar-refractivity contribution in [3.05, 3.63) is 23.1 Å². The van der Waals surface area contributed by atoms with Crippen LogP contribution in [-0.2, 0) is 9.52 Å². The van der Waals surface area contributed by atoms with Crippen molar-refractivity contribution >= 4 is 15.0 Å². The van der Waals surface area contributed by atoms with Crippen molar-refractivity contribution in [1.29, 1.82) is 0 Å². The first kappa shape index (κ1) is 11.1. The number of terminal acetylenes is 1. The van der Waals surface area contributed by atoms with Crippen molar-refractivity contribution in [2.45, 2.75) is 12.8 Å². The average Bonchev–Trinajstić information content (AvgIpc) is 2.19. The molecule has 1 atom stereocenters. The summed E-state index contributed by atoms with van der Waals surface area (Å²) in [5.41, 5.74) is 1.62. The second-order valence-electron chi connectivity index (χ2n) is 3.21. The Hall–Kier alpha value is -0.980. The number of allylic oxidation sites excluding steroid dienone is 4. The van der Waals surface area contributed by atoms with Gasteiger partial charge in [-0.05, 0) is 12.8 Å². The molecule has 0 heterocycles. The normalized spacial score (nSPS) is 19.3. The third kappa shape index (κ3) is 3.06. The third-order valence-electron chi connectivity index (χ3n) is 2.01. The maximum Gasteiger partial charge on any atom is 0.0614 e. The molecule has 14 heavy (non-hydrogen) atoms. The molecule has 0 radical (unpaired) electrons. The Labute approximate surface area is 86.1 Å².